The molecule has 0 atom stereocenters. The van der Waals surface area contributed by atoms with Gasteiger partial charge in [0, 0.05) is 18.0 Å². The van der Waals surface area contributed by atoms with Crippen molar-refractivity contribution in [3.05, 3.63) is 42.0 Å². The molecular formula is C10H11N5. The standard InChI is InChI=1S/C10H11N5/c1-7-4-14-15(6-7)9-5-13-3-2-8(9)10(11)12/h2-6H,1H3,(H3,11,12). The van der Waals surface area contributed by atoms with Crippen LogP contribution in [0, 0.1) is 12.3 Å². The molecule has 0 unspecified atom stereocenters. The third-order valence-corrected chi connectivity index (χ3v) is 2.05. The topological polar surface area (TPSA) is 80.6 Å². The highest BCUT2D eigenvalue weighted by molar-refractivity contribution is 5.98. The Hall–Kier alpha value is -2.17. The summed E-state index contributed by atoms with van der Waals surface area (Å²) in [6.45, 7) is 1.95. The number of pyridine rings is 1. The maximum atomic E-state index is 7.44. The molecule has 0 bridgehead atoms. The van der Waals surface area contributed by atoms with Gasteiger partial charge < -0.3 is 5.73 Å². The average molecular weight is 201 g/mol. The minimum absolute atomic E-state index is 0.0144. The molecule has 5 heteroatoms. The number of nitrogens with zero attached hydrogens (tertiary/aromatic N) is 3. The normalized spacial score (nSPS) is 10.2. The van der Waals surface area contributed by atoms with E-state index in [-0.39, 0.29) is 5.84 Å². The third kappa shape index (κ3) is 1.71. The van der Waals surface area contributed by atoms with Crippen molar-refractivity contribution < 1.29 is 0 Å². The molecule has 76 valence electrons. The van der Waals surface area contributed by atoms with E-state index in [2.05, 4.69) is 10.1 Å². The van der Waals surface area contributed by atoms with Crippen LogP contribution in [0.25, 0.3) is 5.69 Å². The summed E-state index contributed by atoms with van der Waals surface area (Å²) in [6.07, 6.45) is 6.86. The van der Waals surface area contributed by atoms with Crippen LogP contribution in [0.15, 0.2) is 30.9 Å². The van der Waals surface area contributed by atoms with Gasteiger partial charge in [0.2, 0.25) is 0 Å². The van der Waals surface area contributed by atoms with E-state index < -0.39 is 0 Å². The van der Waals surface area contributed by atoms with Crippen LogP contribution in [-0.2, 0) is 0 Å². The number of nitrogens with one attached hydrogen (secondary N) is 1. The van der Waals surface area contributed by atoms with Crippen LogP contribution in [0.2, 0.25) is 0 Å². The van der Waals surface area contributed by atoms with E-state index >= 15 is 0 Å². The molecule has 0 saturated heterocycles. The van der Waals surface area contributed by atoms with E-state index in [1.54, 1.807) is 29.3 Å². The van der Waals surface area contributed by atoms with Gasteiger partial charge in [-0.25, -0.2) is 4.68 Å². The van der Waals surface area contributed by atoms with Gasteiger partial charge in [0.1, 0.15) is 5.84 Å². The van der Waals surface area contributed by atoms with E-state index in [9.17, 15) is 0 Å². The average Bonchev–Trinajstić information content (AvgIpc) is 2.65. The molecule has 2 heterocycles. The van der Waals surface area contributed by atoms with Gasteiger partial charge in [-0.2, -0.15) is 5.10 Å². The van der Waals surface area contributed by atoms with Gasteiger partial charge in [0.05, 0.1) is 18.1 Å². The number of aromatic nitrogens is 3. The van der Waals surface area contributed by atoms with Crippen molar-refractivity contribution >= 4 is 5.84 Å². The van der Waals surface area contributed by atoms with E-state index in [1.807, 2.05) is 13.1 Å². The highest BCUT2D eigenvalue weighted by Gasteiger charge is 2.07. The second-order valence-corrected chi connectivity index (χ2v) is 3.27. The minimum atomic E-state index is 0.0144. The number of rotatable bonds is 2. The minimum Gasteiger partial charge on any atom is -0.384 e. The van der Waals surface area contributed by atoms with Crippen molar-refractivity contribution in [2.24, 2.45) is 5.73 Å². The van der Waals surface area contributed by atoms with Crippen molar-refractivity contribution in [3.8, 4) is 5.69 Å². The summed E-state index contributed by atoms with van der Waals surface area (Å²) in [7, 11) is 0. The molecule has 0 aliphatic rings. The van der Waals surface area contributed by atoms with Crippen LogP contribution >= 0.6 is 0 Å². The highest BCUT2D eigenvalue weighted by atomic mass is 15.3. The van der Waals surface area contributed by atoms with Crippen molar-refractivity contribution in [3.63, 3.8) is 0 Å². The zero-order valence-corrected chi connectivity index (χ0v) is 8.31. The number of nitrogens with two attached hydrogens (primary N) is 1. The fourth-order valence-electron chi connectivity index (χ4n) is 1.34. The second kappa shape index (κ2) is 3.53. The van der Waals surface area contributed by atoms with Gasteiger partial charge in [-0.05, 0) is 18.6 Å². The van der Waals surface area contributed by atoms with Crippen LogP contribution in [0.5, 0.6) is 0 Å². The molecule has 5 nitrogen and oxygen atoms in total. The van der Waals surface area contributed by atoms with Gasteiger partial charge in [0.15, 0.2) is 0 Å². The Morgan fingerprint density at radius 2 is 2.27 bits per heavy atom. The summed E-state index contributed by atoms with van der Waals surface area (Å²) < 4.78 is 1.67. The number of aryl methyl sites for hydroxylation is 1. The Morgan fingerprint density at radius 3 is 2.87 bits per heavy atom. The molecule has 0 amide bonds. The fourth-order valence-corrected chi connectivity index (χ4v) is 1.34. The molecule has 2 rings (SSSR count). The maximum absolute atomic E-state index is 7.44. The summed E-state index contributed by atoms with van der Waals surface area (Å²) in [6, 6.07) is 1.70. The lowest BCUT2D eigenvalue weighted by atomic mass is 10.2. The summed E-state index contributed by atoms with van der Waals surface area (Å²) in [5, 5.41) is 11.6. The van der Waals surface area contributed by atoms with Crippen molar-refractivity contribution in [1.82, 2.24) is 14.8 Å². The van der Waals surface area contributed by atoms with Crippen molar-refractivity contribution in [2.75, 3.05) is 0 Å². The lowest BCUT2D eigenvalue weighted by Crippen LogP contribution is -2.15. The first-order valence-corrected chi connectivity index (χ1v) is 4.48. The zero-order valence-electron chi connectivity index (χ0n) is 8.31. The predicted octanol–water partition coefficient (Wildman–Crippen LogP) is 0.860. The molecule has 0 saturated carbocycles. The number of hydrogen-bond acceptors (Lipinski definition) is 3. The quantitative estimate of drug-likeness (QED) is 0.558. The first-order chi connectivity index (χ1) is 7.18. The third-order valence-electron chi connectivity index (χ3n) is 2.05. The summed E-state index contributed by atoms with van der Waals surface area (Å²) in [5.74, 6) is 0.0144. The van der Waals surface area contributed by atoms with Crippen LogP contribution in [0.4, 0.5) is 0 Å². The van der Waals surface area contributed by atoms with Crippen molar-refractivity contribution in [2.45, 2.75) is 6.92 Å². The lowest BCUT2D eigenvalue weighted by molar-refractivity contribution is 0.871. The Bertz CT molecular complexity index is 500. The van der Waals surface area contributed by atoms with Crippen LogP contribution < -0.4 is 5.73 Å². The Morgan fingerprint density at radius 1 is 1.47 bits per heavy atom. The molecule has 15 heavy (non-hydrogen) atoms. The number of nitrogen functional groups attached to an aromatic ring is 1. The molecule has 0 fully saturated rings. The largest absolute Gasteiger partial charge is 0.384 e. The first-order valence-electron chi connectivity index (χ1n) is 4.48. The van der Waals surface area contributed by atoms with Crippen molar-refractivity contribution in [1.29, 1.82) is 5.41 Å². The Balaban J connectivity index is 2.57. The van der Waals surface area contributed by atoms with Gasteiger partial charge in [-0.3, -0.25) is 10.4 Å². The number of hydrogen-bond donors (Lipinski definition) is 2. The summed E-state index contributed by atoms with van der Waals surface area (Å²) in [5.41, 5.74) is 7.88. The van der Waals surface area contributed by atoms with Gasteiger partial charge in [0.25, 0.3) is 0 Å². The molecular weight excluding hydrogens is 190 g/mol. The van der Waals surface area contributed by atoms with Crippen LogP contribution in [0.1, 0.15) is 11.1 Å². The SMILES string of the molecule is Cc1cnn(-c2cnccc2C(=N)N)c1. The molecule has 0 aliphatic carbocycles. The molecule has 2 aromatic heterocycles. The van der Waals surface area contributed by atoms with Gasteiger partial charge >= 0.3 is 0 Å². The molecule has 2 aromatic rings. The highest BCUT2D eigenvalue weighted by Crippen LogP contribution is 2.11. The van der Waals surface area contributed by atoms with E-state index in [1.165, 1.54) is 0 Å². The zero-order chi connectivity index (χ0) is 10.8. The van der Waals surface area contributed by atoms with Crippen LogP contribution in [0.3, 0.4) is 0 Å². The van der Waals surface area contributed by atoms with Gasteiger partial charge in [-0.15, -0.1) is 0 Å². The molecule has 0 aliphatic heterocycles. The van der Waals surface area contributed by atoms with E-state index in [0.29, 0.717) is 5.56 Å². The molecule has 0 spiro atoms. The smallest absolute Gasteiger partial charge is 0.125 e. The predicted molar refractivity (Wildman–Crippen MR) is 57.1 cm³/mol. The Labute approximate surface area is 87.1 Å². The van der Waals surface area contributed by atoms with E-state index in [4.69, 9.17) is 11.1 Å². The Kier molecular flexibility index (Phi) is 2.21. The molecule has 0 radical (unpaired) electrons. The number of amidine groups is 1. The lowest BCUT2D eigenvalue weighted by Gasteiger charge is -2.06. The summed E-state index contributed by atoms with van der Waals surface area (Å²) in [4.78, 5) is 4.00. The molecule has 0 aromatic carbocycles. The maximum Gasteiger partial charge on any atom is 0.125 e. The fraction of sp³-hybridized carbons (Fsp3) is 0.100. The summed E-state index contributed by atoms with van der Waals surface area (Å²) >= 11 is 0. The van der Waals surface area contributed by atoms with Crippen LogP contribution in [-0.4, -0.2) is 20.6 Å². The molecule has 3 N–H and O–H groups in total. The first kappa shape index (κ1) is 9.39. The van der Waals surface area contributed by atoms with Gasteiger partial charge in [-0.1, -0.05) is 0 Å². The van der Waals surface area contributed by atoms with E-state index in [0.717, 1.165) is 11.3 Å². The second-order valence-electron chi connectivity index (χ2n) is 3.27. The monoisotopic (exact) mass is 201 g/mol.